The molecule has 2 aromatic rings. The van der Waals surface area contributed by atoms with Crippen molar-refractivity contribution in [3.8, 4) is 0 Å². The van der Waals surface area contributed by atoms with Crippen LogP contribution in [-0.2, 0) is 31.6 Å². The number of nitrogens with zero attached hydrogens (tertiary/aromatic N) is 2. The van der Waals surface area contributed by atoms with E-state index in [2.05, 4.69) is 26.1 Å². The summed E-state index contributed by atoms with van der Waals surface area (Å²) in [5, 5.41) is 3.49. The average Bonchev–Trinajstić information content (AvgIpc) is 2.75. The monoisotopic (exact) mass is 555 g/mol. The number of carbonyl (C=O) groups excluding carboxylic acids is 2. The first-order valence-electron chi connectivity index (χ1n) is 11.6. The summed E-state index contributed by atoms with van der Waals surface area (Å²) in [6.07, 6.45) is 1.05. The number of benzene rings is 2. The molecule has 198 valence electrons. The maximum atomic E-state index is 13.6. The standard InChI is InChI=1S/C26H35Cl2N3O4S/c1-17(2)29-25(33)18(3)30(15-19-8-13-22(27)23(28)14-19)24(32)16-31(36(7,34)35)21-11-9-20(10-12-21)26(4,5)6/h8-14,17-18H,15-16H2,1-7H3,(H,29,33)/t18-/m1/s1. The lowest BCUT2D eigenvalue weighted by molar-refractivity contribution is -0.139. The van der Waals surface area contributed by atoms with Crippen LogP contribution in [0.5, 0.6) is 0 Å². The summed E-state index contributed by atoms with van der Waals surface area (Å²) in [5.74, 6) is -0.878. The number of hydrogen-bond acceptors (Lipinski definition) is 4. The number of rotatable bonds is 9. The molecule has 0 radical (unpaired) electrons. The minimum Gasteiger partial charge on any atom is -0.352 e. The second kappa shape index (κ2) is 11.8. The zero-order valence-corrected chi connectivity index (χ0v) is 24.1. The van der Waals surface area contributed by atoms with E-state index in [1.54, 1.807) is 37.3 Å². The smallest absolute Gasteiger partial charge is 0.244 e. The Bertz CT molecular complexity index is 1190. The molecule has 7 nitrogen and oxygen atoms in total. The summed E-state index contributed by atoms with van der Waals surface area (Å²) < 4.78 is 26.5. The Morgan fingerprint density at radius 2 is 1.56 bits per heavy atom. The van der Waals surface area contributed by atoms with Crippen LogP contribution in [0, 0.1) is 0 Å². The van der Waals surface area contributed by atoms with Gasteiger partial charge in [-0.2, -0.15) is 0 Å². The third-order valence-electron chi connectivity index (χ3n) is 5.64. The summed E-state index contributed by atoms with van der Waals surface area (Å²) in [6.45, 7) is 11.0. The first-order valence-corrected chi connectivity index (χ1v) is 14.2. The van der Waals surface area contributed by atoms with Crippen molar-refractivity contribution >= 4 is 50.7 Å². The highest BCUT2D eigenvalue weighted by atomic mass is 35.5. The highest BCUT2D eigenvalue weighted by molar-refractivity contribution is 7.92. The molecular weight excluding hydrogens is 521 g/mol. The molecule has 0 heterocycles. The van der Waals surface area contributed by atoms with E-state index in [0.717, 1.165) is 16.1 Å². The van der Waals surface area contributed by atoms with Gasteiger partial charge in [-0.05, 0) is 61.6 Å². The first-order chi connectivity index (χ1) is 16.5. The predicted octanol–water partition coefficient (Wildman–Crippen LogP) is 5.00. The molecule has 36 heavy (non-hydrogen) atoms. The van der Waals surface area contributed by atoms with E-state index in [9.17, 15) is 18.0 Å². The van der Waals surface area contributed by atoms with Gasteiger partial charge in [-0.25, -0.2) is 8.42 Å². The van der Waals surface area contributed by atoms with Crippen LogP contribution in [0.15, 0.2) is 42.5 Å². The number of anilines is 1. The van der Waals surface area contributed by atoms with E-state index in [0.29, 0.717) is 21.3 Å². The maximum absolute atomic E-state index is 13.6. The molecule has 0 saturated carbocycles. The fraction of sp³-hybridized carbons (Fsp3) is 0.462. The second-order valence-corrected chi connectivity index (χ2v) is 12.9. The molecule has 1 N–H and O–H groups in total. The topological polar surface area (TPSA) is 86.8 Å². The third kappa shape index (κ3) is 8.11. The van der Waals surface area contributed by atoms with E-state index in [-0.39, 0.29) is 23.9 Å². The summed E-state index contributed by atoms with van der Waals surface area (Å²) in [6, 6.07) is 11.0. The number of sulfonamides is 1. The van der Waals surface area contributed by atoms with Crippen LogP contribution < -0.4 is 9.62 Å². The normalized spacial score (nSPS) is 12.8. The van der Waals surface area contributed by atoms with E-state index in [4.69, 9.17) is 23.2 Å². The van der Waals surface area contributed by atoms with E-state index in [1.165, 1.54) is 4.90 Å². The predicted molar refractivity (Wildman–Crippen MR) is 147 cm³/mol. The molecule has 0 spiro atoms. The number of nitrogens with one attached hydrogen (secondary N) is 1. The van der Waals surface area contributed by atoms with Crippen molar-refractivity contribution in [3.05, 3.63) is 63.6 Å². The molecule has 10 heteroatoms. The van der Waals surface area contributed by atoms with Gasteiger partial charge in [-0.15, -0.1) is 0 Å². The van der Waals surface area contributed by atoms with Crippen LogP contribution in [0.3, 0.4) is 0 Å². The minimum atomic E-state index is -3.80. The lowest BCUT2D eigenvalue weighted by atomic mass is 9.87. The second-order valence-electron chi connectivity index (χ2n) is 10.2. The van der Waals surface area contributed by atoms with Gasteiger partial charge in [-0.3, -0.25) is 13.9 Å². The van der Waals surface area contributed by atoms with Gasteiger partial charge in [0.1, 0.15) is 12.6 Å². The first kappa shape index (κ1) is 29.9. The fourth-order valence-electron chi connectivity index (χ4n) is 3.56. The summed E-state index contributed by atoms with van der Waals surface area (Å²) in [7, 11) is -3.80. The van der Waals surface area contributed by atoms with Gasteiger partial charge in [-0.1, -0.05) is 62.2 Å². The number of carbonyl (C=O) groups is 2. The molecule has 0 aliphatic rings. The Hall–Kier alpha value is -2.29. The van der Waals surface area contributed by atoms with Gasteiger partial charge in [0.05, 0.1) is 22.0 Å². The molecule has 0 bridgehead atoms. The van der Waals surface area contributed by atoms with Crippen LogP contribution in [0.2, 0.25) is 10.0 Å². The van der Waals surface area contributed by atoms with Crippen molar-refractivity contribution in [1.29, 1.82) is 0 Å². The van der Waals surface area contributed by atoms with Gasteiger partial charge in [0, 0.05) is 12.6 Å². The van der Waals surface area contributed by atoms with E-state index < -0.39 is 28.5 Å². The maximum Gasteiger partial charge on any atom is 0.244 e. The number of hydrogen-bond donors (Lipinski definition) is 1. The molecule has 0 fully saturated rings. The lowest BCUT2D eigenvalue weighted by Crippen LogP contribution is -2.52. The molecule has 2 amide bonds. The highest BCUT2D eigenvalue weighted by Gasteiger charge is 2.30. The molecular formula is C26H35Cl2N3O4S. The Morgan fingerprint density at radius 3 is 2.03 bits per heavy atom. The Balaban J connectivity index is 2.42. The van der Waals surface area contributed by atoms with Gasteiger partial charge < -0.3 is 10.2 Å². The van der Waals surface area contributed by atoms with Crippen molar-refractivity contribution in [2.45, 2.75) is 65.6 Å². The summed E-state index contributed by atoms with van der Waals surface area (Å²) in [4.78, 5) is 27.7. The van der Waals surface area contributed by atoms with Gasteiger partial charge >= 0.3 is 0 Å². The van der Waals surface area contributed by atoms with Gasteiger partial charge in [0.15, 0.2) is 0 Å². The number of halogens is 2. The molecule has 0 aromatic heterocycles. The van der Waals surface area contributed by atoms with Crippen molar-refractivity contribution in [1.82, 2.24) is 10.2 Å². The van der Waals surface area contributed by atoms with Crippen molar-refractivity contribution in [2.24, 2.45) is 0 Å². The zero-order chi connectivity index (χ0) is 27.4. The lowest BCUT2D eigenvalue weighted by Gasteiger charge is -2.32. The highest BCUT2D eigenvalue weighted by Crippen LogP contribution is 2.27. The van der Waals surface area contributed by atoms with Crippen LogP contribution in [-0.4, -0.2) is 50.0 Å². The third-order valence-corrected chi connectivity index (χ3v) is 7.52. The molecule has 0 aliphatic carbocycles. The SMILES string of the molecule is CC(C)NC(=O)[C@@H](C)N(Cc1ccc(Cl)c(Cl)c1)C(=O)CN(c1ccc(C(C)(C)C)cc1)S(C)(=O)=O. The minimum absolute atomic E-state index is 0.0446. The Labute approximate surface area is 224 Å². The molecule has 0 aliphatic heterocycles. The van der Waals surface area contributed by atoms with Crippen LogP contribution >= 0.6 is 23.2 Å². The fourth-order valence-corrected chi connectivity index (χ4v) is 4.73. The van der Waals surface area contributed by atoms with Crippen molar-refractivity contribution < 1.29 is 18.0 Å². The van der Waals surface area contributed by atoms with Crippen LogP contribution in [0.25, 0.3) is 0 Å². The van der Waals surface area contributed by atoms with E-state index >= 15 is 0 Å². The Kier molecular flexibility index (Phi) is 9.84. The summed E-state index contributed by atoms with van der Waals surface area (Å²) >= 11 is 12.2. The van der Waals surface area contributed by atoms with Crippen molar-refractivity contribution in [3.63, 3.8) is 0 Å². The molecule has 2 aromatic carbocycles. The zero-order valence-electron chi connectivity index (χ0n) is 21.8. The van der Waals surface area contributed by atoms with Crippen LogP contribution in [0.4, 0.5) is 5.69 Å². The van der Waals surface area contributed by atoms with Crippen molar-refractivity contribution in [2.75, 3.05) is 17.1 Å². The largest absolute Gasteiger partial charge is 0.352 e. The molecule has 0 unspecified atom stereocenters. The van der Waals surface area contributed by atoms with Gasteiger partial charge in [0.2, 0.25) is 21.8 Å². The number of amides is 2. The quantitative estimate of drug-likeness (QED) is 0.471. The Morgan fingerprint density at radius 1 is 0.972 bits per heavy atom. The molecule has 2 rings (SSSR count). The van der Waals surface area contributed by atoms with E-state index in [1.807, 2.05) is 26.0 Å². The molecule has 0 saturated heterocycles. The average molecular weight is 557 g/mol. The van der Waals surface area contributed by atoms with Gasteiger partial charge in [0.25, 0.3) is 0 Å². The summed E-state index contributed by atoms with van der Waals surface area (Å²) in [5.41, 5.74) is 1.95. The molecule has 1 atom stereocenters. The van der Waals surface area contributed by atoms with Crippen LogP contribution in [0.1, 0.15) is 52.7 Å².